The summed E-state index contributed by atoms with van der Waals surface area (Å²) in [5.74, 6) is -0.793. The molecule has 1 aliphatic carbocycles. The Kier molecular flexibility index (Phi) is 6.11. The topological polar surface area (TPSA) is 90.3 Å². The summed E-state index contributed by atoms with van der Waals surface area (Å²) in [6.07, 6.45) is 3.29. The monoisotopic (exact) mass is 419 g/mol. The van der Waals surface area contributed by atoms with Crippen LogP contribution >= 0.6 is 0 Å². The van der Waals surface area contributed by atoms with Crippen molar-refractivity contribution < 1.29 is 14.3 Å². The average molecular weight is 419 g/mol. The molecule has 0 unspecified atom stereocenters. The molecule has 1 heterocycles. The molecule has 1 amide bonds. The average Bonchev–Trinajstić information content (AvgIpc) is 2.79. The highest BCUT2D eigenvalue weighted by molar-refractivity contribution is 5.84. The zero-order valence-corrected chi connectivity index (χ0v) is 17.4. The number of carbonyl (C=O) groups is 2. The number of aryl methyl sites for hydroxylation is 2. The third-order valence-electron chi connectivity index (χ3n) is 5.65. The minimum absolute atomic E-state index is 0.0454. The lowest BCUT2D eigenvalue weighted by molar-refractivity contribution is -0.155. The number of fused-ring (bicyclic) bond motifs is 2. The summed E-state index contributed by atoms with van der Waals surface area (Å²) >= 11 is 0. The molecule has 7 heteroatoms. The first-order valence-electron chi connectivity index (χ1n) is 10.6. The third kappa shape index (κ3) is 4.66. The predicted molar refractivity (Wildman–Crippen MR) is 116 cm³/mol. The molecule has 0 spiro atoms. The molecule has 1 aromatic heterocycles. The largest absolute Gasteiger partial charge is 0.452 e. The number of nitrogens with zero attached hydrogens (tertiary/aromatic N) is 2. The second kappa shape index (κ2) is 9.12. The number of carbonyl (C=O) groups excluding carboxylic acids is 2. The third-order valence-corrected chi connectivity index (χ3v) is 5.65. The van der Waals surface area contributed by atoms with Crippen molar-refractivity contribution in [1.29, 1.82) is 0 Å². The number of aromatic nitrogens is 2. The van der Waals surface area contributed by atoms with E-state index < -0.39 is 12.1 Å². The van der Waals surface area contributed by atoms with E-state index in [1.54, 1.807) is 29.8 Å². The van der Waals surface area contributed by atoms with Gasteiger partial charge in [-0.2, -0.15) is 5.10 Å². The van der Waals surface area contributed by atoms with Gasteiger partial charge in [0.2, 0.25) is 5.43 Å². The molecule has 1 N–H and O–H groups in total. The molecule has 7 nitrogen and oxygen atoms in total. The number of ether oxygens (including phenoxy) is 1. The lowest BCUT2D eigenvalue weighted by Gasteiger charge is -2.27. The van der Waals surface area contributed by atoms with E-state index >= 15 is 0 Å². The van der Waals surface area contributed by atoms with Gasteiger partial charge in [0.15, 0.2) is 6.10 Å². The Morgan fingerprint density at radius 3 is 2.84 bits per heavy atom. The van der Waals surface area contributed by atoms with E-state index in [-0.39, 0.29) is 30.3 Å². The fourth-order valence-electron chi connectivity index (χ4n) is 4.04. The zero-order chi connectivity index (χ0) is 21.8. The number of esters is 1. The van der Waals surface area contributed by atoms with Crippen LogP contribution in [-0.2, 0) is 27.3 Å². The van der Waals surface area contributed by atoms with Crippen LogP contribution in [0.25, 0.3) is 10.9 Å². The standard InChI is InChI=1S/C24H25N3O4/c1-16(24(30)26-20-11-6-8-17-7-2-3-9-18(17)20)31-23(29)13-14-27-21-12-5-4-10-19(21)22(28)15-25-27/h2-5,7,9-10,12,15-16,20H,6,8,11,13-14H2,1H3,(H,26,30)/t16-,20-/m1/s1. The van der Waals surface area contributed by atoms with E-state index in [9.17, 15) is 14.4 Å². The normalized spacial score (nSPS) is 16.4. The van der Waals surface area contributed by atoms with Crippen molar-refractivity contribution >= 4 is 22.8 Å². The summed E-state index contributed by atoms with van der Waals surface area (Å²) in [6.45, 7) is 1.83. The number of para-hydroxylation sites is 1. The van der Waals surface area contributed by atoms with Crippen molar-refractivity contribution in [3.8, 4) is 0 Å². The number of hydrogen-bond acceptors (Lipinski definition) is 5. The van der Waals surface area contributed by atoms with Crippen molar-refractivity contribution in [2.75, 3.05) is 0 Å². The Labute approximate surface area is 180 Å². The van der Waals surface area contributed by atoms with Crippen LogP contribution in [0.1, 0.15) is 43.4 Å². The molecule has 0 fully saturated rings. The second-order valence-electron chi connectivity index (χ2n) is 7.78. The summed E-state index contributed by atoms with van der Waals surface area (Å²) < 4.78 is 6.94. The Morgan fingerprint density at radius 1 is 1.19 bits per heavy atom. The molecule has 4 rings (SSSR count). The predicted octanol–water partition coefficient (Wildman–Crippen LogP) is 2.91. The summed E-state index contributed by atoms with van der Waals surface area (Å²) in [5, 5.41) is 7.67. The molecule has 0 radical (unpaired) electrons. The number of hydrogen-bond donors (Lipinski definition) is 1. The van der Waals surface area contributed by atoms with Gasteiger partial charge in [-0.05, 0) is 49.4 Å². The summed E-state index contributed by atoms with van der Waals surface area (Å²) in [7, 11) is 0. The highest BCUT2D eigenvalue weighted by Gasteiger charge is 2.25. The van der Waals surface area contributed by atoms with Gasteiger partial charge < -0.3 is 10.1 Å². The maximum absolute atomic E-state index is 12.6. The maximum atomic E-state index is 12.6. The van der Waals surface area contributed by atoms with Crippen molar-refractivity contribution in [2.24, 2.45) is 0 Å². The van der Waals surface area contributed by atoms with E-state index in [2.05, 4.69) is 16.5 Å². The van der Waals surface area contributed by atoms with Gasteiger partial charge in [0, 0.05) is 5.39 Å². The van der Waals surface area contributed by atoms with Gasteiger partial charge in [0.25, 0.3) is 5.91 Å². The van der Waals surface area contributed by atoms with E-state index in [0.717, 1.165) is 24.8 Å². The lowest BCUT2D eigenvalue weighted by Crippen LogP contribution is -2.39. The highest BCUT2D eigenvalue weighted by atomic mass is 16.5. The number of benzene rings is 2. The first kappa shape index (κ1) is 20.8. The highest BCUT2D eigenvalue weighted by Crippen LogP contribution is 2.29. The van der Waals surface area contributed by atoms with Crippen LogP contribution in [0.2, 0.25) is 0 Å². The van der Waals surface area contributed by atoms with E-state index in [0.29, 0.717) is 10.9 Å². The zero-order valence-electron chi connectivity index (χ0n) is 17.4. The molecule has 0 saturated heterocycles. The molecule has 160 valence electrons. The minimum Gasteiger partial charge on any atom is -0.452 e. The number of amides is 1. The van der Waals surface area contributed by atoms with Gasteiger partial charge in [0.1, 0.15) is 0 Å². The molecular formula is C24H25N3O4. The van der Waals surface area contributed by atoms with Gasteiger partial charge in [-0.15, -0.1) is 0 Å². The van der Waals surface area contributed by atoms with Gasteiger partial charge in [-0.25, -0.2) is 0 Å². The molecule has 3 aromatic rings. The first-order chi connectivity index (χ1) is 15.0. The quantitative estimate of drug-likeness (QED) is 0.621. The smallest absolute Gasteiger partial charge is 0.308 e. The van der Waals surface area contributed by atoms with E-state index in [1.165, 1.54) is 11.8 Å². The molecule has 31 heavy (non-hydrogen) atoms. The van der Waals surface area contributed by atoms with Gasteiger partial charge >= 0.3 is 5.97 Å². The molecular weight excluding hydrogens is 394 g/mol. The first-order valence-corrected chi connectivity index (χ1v) is 10.6. The van der Waals surface area contributed by atoms with E-state index in [1.807, 2.05) is 24.3 Å². The van der Waals surface area contributed by atoms with Crippen LogP contribution in [0.15, 0.2) is 59.5 Å². The molecule has 0 aliphatic heterocycles. The number of nitrogens with one attached hydrogen (secondary N) is 1. The number of rotatable bonds is 6. The Bertz CT molecular complexity index is 1170. The Balaban J connectivity index is 1.34. The van der Waals surface area contributed by atoms with Crippen LogP contribution in [0, 0.1) is 0 Å². The van der Waals surface area contributed by atoms with Crippen LogP contribution in [0.4, 0.5) is 0 Å². The SMILES string of the molecule is C[C@@H](OC(=O)CCn1ncc(=O)c2ccccc21)C(=O)N[C@@H]1CCCc2ccccc21. The van der Waals surface area contributed by atoms with Crippen LogP contribution < -0.4 is 10.7 Å². The fourth-order valence-corrected chi connectivity index (χ4v) is 4.04. The van der Waals surface area contributed by atoms with Crippen molar-refractivity contribution in [2.45, 2.75) is 51.3 Å². The van der Waals surface area contributed by atoms with Gasteiger partial charge in [-0.3, -0.25) is 19.1 Å². The van der Waals surface area contributed by atoms with Crippen LogP contribution in [-0.4, -0.2) is 27.8 Å². The van der Waals surface area contributed by atoms with Gasteiger partial charge in [-0.1, -0.05) is 36.4 Å². The van der Waals surface area contributed by atoms with Crippen molar-refractivity contribution in [3.63, 3.8) is 0 Å². The molecule has 2 atom stereocenters. The molecule has 2 aromatic carbocycles. The summed E-state index contributed by atoms with van der Waals surface area (Å²) in [4.78, 5) is 36.8. The molecule has 0 bridgehead atoms. The minimum atomic E-state index is -0.889. The van der Waals surface area contributed by atoms with Gasteiger partial charge in [0.05, 0.1) is 30.7 Å². The van der Waals surface area contributed by atoms with E-state index in [4.69, 9.17) is 4.74 Å². The Hall–Kier alpha value is -3.48. The summed E-state index contributed by atoms with van der Waals surface area (Å²) in [6, 6.07) is 15.2. The Morgan fingerprint density at radius 2 is 1.97 bits per heavy atom. The maximum Gasteiger partial charge on any atom is 0.308 e. The van der Waals surface area contributed by atoms with Crippen molar-refractivity contribution in [3.05, 3.63) is 76.1 Å². The van der Waals surface area contributed by atoms with Crippen molar-refractivity contribution in [1.82, 2.24) is 15.1 Å². The lowest BCUT2D eigenvalue weighted by atomic mass is 9.87. The fraction of sp³-hybridized carbons (Fsp3) is 0.333. The molecule has 1 aliphatic rings. The molecule has 0 saturated carbocycles. The van der Waals surface area contributed by atoms with Crippen LogP contribution in [0.3, 0.4) is 0 Å². The second-order valence-corrected chi connectivity index (χ2v) is 7.78. The summed E-state index contributed by atoms with van der Waals surface area (Å²) in [5.41, 5.74) is 2.88. The van der Waals surface area contributed by atoms with Crippen LogP contribution in [0.5, 0.6) is 0 Å².